The number of hydrogen-bond acceptors (Lipinski definition) is 4. The van der Waals surface area contributed by atoms with Crippen molar-refractivity contribution in [1.82, 2.24) is 4.98 Å². The summed E-state index contributed by atoms with van der Waals surface area (Å²) < 4.78 is 37.0. The van der Waals surface area contributed by atoms with Crippen LogP contribution < -0.4 is 5.32 Å². The average Bonchev–Trinajstić information content (AvgIpc) is 2.53. The first-order valence-corrected chi connectivity index (χ1v) is 6.37. The van der Waals surface area contributed by atoms with Gasteiger partial charge in [0.2, 0.25) is 0 Å². The van der Waals surface area contributed by atoms with Gasteiger partial charge in [-0.1, -0.05) is 30.0 Å². The van der Waals surface area contributed by atoms with E-state index in [0.717, 1.165) is 12.3 Å². The van der Waals surface area contributed by atoms with E-state index < -0.39 is 28.5 Å². The molecule has 1 N–H and O–H groups in total. The largest absolute Gasteiger partial charge is 0.471 e. The van der Waals surface area contributed by atoms with E-state index in [0.29, 0.717) is 5.56 Å². The van der Waals surface area contributed by atoms with E-state index in [4.69, 9.17) is 0 Å². The molecule has 1 heterocycles. The summed E-state index contributed by atoms with van der Waals surface area (Å²) in [5, 5.41) is 12.3. The smallest absolute Gasteiger partial charge is 0.302 e. The predicted octanol–water partition coefficient (Wildman–Crippen LogP) is 2.89. The van der Waals surface area contributed by atoms with Crippen molar-refractivity contribution in [3.05, 3.63) is 63.8 Å². The molecule has 2 rings (SSSR count). The first-order chi connectivity index (χ1) is 11.3. The molecule has 0 atom stereocenters. The van der Waals surface area contributed by atoms with Crippen LogP contribution in [0.4, 0.5) is 24.7 Å². The van der Waals surface area contributed by atoms with E-state index in [9.17, 15) is 28.1 Å². The number of nitro groups is 1. The Bertz CT molecular complexity index is 840. The third-order valence-electron chi connectivity index (χ3n) is 2.69. The molecule has 0 unspecified atom stereocenters. The summed E-state index contributed by atoms with van der Waals surface area (Å²) in [5.74, 6) is 2.37. The minimum atomic E-state index is -5.12. The molecule has 2 aromatic rings. The van der Waals surface area contributed by atoms with Gasteiger partial charge in [-0.25, -0.2) is 4.98 Å². The number of carbonyl (C=O) groups is 1. The molecule has 0 radical (unpaired) electrons. The summed E-state index contributed by atoms with van der Waals surface area (Å²) in [7, 11) is 0. The molecule has 0 fully saturated rings. The molecule has 0 bridgehead atoms. The summed E-state index contributed by atoms with van der Waals surface area (Å²) >= 11 is 0. The maximum absolute atomic E-state index is 12.3. The molecular weight excluding hydrogens is 327 g/mol. The number of pyridine rings is 1. The minimum absolute atomic E-state index is 0.203. The second kappa shape index (κ2) is 6.78. The molecular formula is C15H8F3N3O3. The number of halogens is 3. The lowest BCUT2D eigenvalue weighted by Gasteiger charge is -2.08. The Morgan fingerprint density at radius 3 is 2.46 bits per heavy atom. The Labute approximate surface area is 133 Å². The van der Waals surface area contributed by atoms with Gasteiger partial charge in [-0.15, -0.1) is 0 Å². The summed E-state index contributed by atoms with van der Waals surface area (Å²) in [4.78, 5) is 24.5. The zero-order chi connectivity index (χ0) is 17.7. The van der Waals surface area contributed by atoms with Crippen molar-refractivity contribution >= 4 is 17.4 Å². The van der Waals surface area contributed by atoms with Gasteiger partial charge in [0.05, 0.1) is 10.5 Å². The van der Waals surface area contributed by atoms with E-state index in [-0.39, 0.29) is 5.56 Å². The Hall–Kier alpha value is -3.41. The molecule has 0 spiro atoms. The summed E-state index contributed by atoms with van der Waals surface area (Å²) in [5.41, 5.74) is -0.125. The molecule has 1 amide bonds. The predicted molar refractivity (Wildman–Crippen MR) is 78.0 cm³/mol. The van der Waals surface area contributed by atoms with Crippen LogP contribution in [-0.2, 0) is 4.79 Å². The number of rotatable bonds is 2. The maximum atomic E-state index is 12.3. The van der Waals surface area contributed by atoms with Crippen LogP contribution in [0.3, 0.4) is 0 Å². The van der Waals surface area contributed by atoms with Crippen LogP contribution in [0, 0.1) is 22.0 Å². The SMILES string of the molecule is O=C(Nc1ncc([N+](=O)[O-])cc1C#Cc1ccccc1)C(F)(F)F. The monoisotopic (exact) mass is 335 g/mol. The highest BCUT2D eigenvalue weighted by Crippen LogP contribution is 2.22. The van der Waals surface area contributed by atoms with E-state index in [1.165, 1.54) is 0 Å². The highest BCUT2D eigenvalue weighted by molar-refractivity contribution is 5.95. The van der Waals surface area contributed by atoms with Crippen LogP contribution in [0.15, 0.2) is 42.6 Å². The molecule has 0 aliphatic carbocycles. The van der Waals surface area contributed by atoms with Crippen LogP contribution in [0.2, 0.25) is 0 Å². The third kappa shape index (κ3) is 4.30. The fourth-order valence-electron chi connectivity index (χ4n) is 1.59. The molecule has 1 aromatic carbocycles. The fourth-order valence-corrected chi connectivity index (χ4v) is 1.59. The quantitative estimate of drug-likeness (QED) is 0.519. The second-order valence-corrected chi connectivity index (χ2v) is 4.41. The summed E-state index contributed by atoms with van der Waals surface area (Å²) in [6.45, 7) is 0. The van der Waals surface area contributed by atoms with Crippen LogP contribution in [0.1, 0.15) is 11.1 Å². The van der Waals surface area contributed by atoms with Gasteiger partial charge in [-0.05, 0) is 12.1 Å². The van der Waals surface area contributed by atoms with Gasteiger partial charge in [0.25, 0.3) is 5.69 Å². The minimum Gasteiger partial charge on any atom is -0.302 e. The third-order valence-corrected chi connectivity index (χ3v) is 2.69. The second-order valence-electron chi connectivity index (χ2n) is 4.41. The van der Waals surface area contributed by atoms with Crippen molar-refractivity contribution in [3.8, 4) is 11.8 Å². The lowest BCUT2D eigenvalue weighted by Crippen LogP contribution is -2.30. The Kier molecular flexibility index (Phi) is 4.79. The zero-order valence-electron chi connectivity index (χ0n) is 11.8. The summed E-state index contributed by atoms with van der Waals surface area (Å²) in [6.07, 6.45) is -4.38. The van der Waals surface area contributed by atoms with Crippen LogP contribution >= 0.6 is 0 Å². The molecule has 1 aromatic heterocycles. The van der Waals surface area contributed by atoms with Crippen LogP contribution in [0.5, 0.6) is 0 Å². The van der Waals surface area contributed by atoms with E-state index in [2.05, 4.69) is 16.8 Å². The van der Waals surface area contributed by atoms with Crippen LogP contribution in [0.25, 0.3) is 0 Å². The van der Waals surface area contributed by atoms with Crippen molar-refractivity contribution in [3.63, 3.8) is 0 Å². The maximum Gasteiger partial charge on any atom is 0.471 e. The number of nitrogens with zero attached hydrogens (tertiary/aromatic N) is 2. The Morgan fingerprint density at radius 1 is 1.21 bits per heavy atom. The highest BCUT2D eigenvalue weighted by atomic mass is 19.4. The Balaban J connectivity index is 2.42. The van der Waals surface area contributed by atoms with Crippen molar-refractivity contribution in [2.24, 2.45) is 0 Å². The molecule has 122 valence electrons. The van der Waals surface area contributed by atoms with Crippen LogP contribution in [-0.4, -0.2) is 22.0 Å². The number of aromatic nitrogens is 1. The van der Waals surface area contributed by atoms with Crippen molar-refractivity contribution in [2.75, 3.05) is 5.32 Å². The first kappa shape index (κ1) is 17.0. The molecule has 0 saturated heterocycles. The molecule has 0 aliphatic heterocycles. The zero-order valence-corrected chi connectivity index (χ0v) is 11.8. The summed E-state index contributed by atoms with van der Waals surface area (Å²) in [6, 6.07) is 9.37. The van der Waals surface area contributed by atoms with Gasteiger partial charge in [-0.2, -0.15) is 13.2 Å². The number of alkyl halides is 3. The van der Waals surface area contributed by atoms with Crippen molar-refractivity contribution in [1.29, 1.82) is 0 Å². The van der Waals surface area contributed by atoms with Gasteiger partial charge in [0, 0.05) is 11.6 Å². The normalized spacial score (nSPS) is 10.5. The topological polar surface area (TPSA) is 85.1 Å². The van der Waals surface area contributed by atoms with Gasteiger partial charge in [0.15, 0.2) is 0 Å². The highest BCUT2D eigenvalue weighted by Gasteiger charge is 2.39. The number of benzene rings is 1. The van der Waals surface area contributed by atoms with Gasteiger partial charge >= 0.3 is 12.1 Å². The number of amides is 1. The number of nitrogens with one attached hydrogen (secondary N) is 1. The van der Waals surface area contributed by atoms with Crippen molar-refractivity contribution < 1.29 is 22.9 Å². The molecule has 9 heteroatoms. The fraction of sp³-hybridized carbons (Fsp3) is 0.0667. The van der Waals surface area contributed by atoms with Gasteiger partial charge in [0.1, 0.15) is 12.0 Å². The average molecular weight is 335 g/mol. The van der Waals surface area contributed by atoms with E-state index in [1.54, 1.807) is 35.6 Å². The molecule has 0 saturated carbocycles. The molecule has 0 aliphatic rings. The number of carbonyl (C=O) groups excluding carboxylic acids is 1. The van der Waals surface area contributed by atoms with Gasteiger partial charge in [-0.3, -0.25) is 14.9 Å². The first-order valence-electron chi connectivity index (χ1n) is 6.37. The number of hydrogen-bond donors (Lipinski definition) is 1. The van der Waals surface area contributed by atoms with Crippen molar-refractivity contribution in [2.45, 2.75) is 6.18 Å². The molecule has 24 heavy (non-hydrogen) atoms. The molecule has 6 nitrogen and oxygen atoms in total. The lowest BCUT2D eigenvalue weighted by molar-refractivity contribution is -0.385. The van der Waals surface area contributed by atoms with E-state index in [1.807, 2.05) is 0 Å². The Morgan fingerprint density at radius 2 is 1.88 bits per heavy atom. The standard InChI is InChI=1S/C15H8F3N3O3/c16-15(17,18)14(22)20-13-11(8-12(9-19-13)21(23)24)7-6-10-4-2-1-3-5-10/h1-5,8-9H,(H,19,20,22). The lowest BCUT2D eigenvalue weighted by atomic mass is 10.2. The van der Waals surface area contributed by atoms with E-state index >= 15 is 0 Å². The number of anilines is 1. The van der Waals surface area contributed by atoms with Gasteiger partial charge < -0.3 is 5.32 Å².